The number of aryl methyl sites for hydroxylation is 2. The smallest absolute Gasteiger partial charge is 0.191 e. The lowest BCUT2D eigenvalue weighted by Gasteiger charge is -2.29. The van der Waals surface area contributed by atoms with E-state index < -0.39 is 0 Å². The van der Waals surface area contributed by atoms with E-state index in [1.807, 2.05) is 0 Å². The van der Waals surface area contributed by atoms with Crippen LogP contribution in [0.4, 0.5) is 0 Å². The van der Waals surface area contributed by atoms with Crippen molar-refractivity contribution in [1.82, 2.24) is 15.5 Å². The van der Waals surface area contributed by atoms with E-state index in [1.165, 1.54) is 16.7 Å². The van der Waals surface area contributed by atoms with Crippen molar-refractivity contribution < 1.29 is 4.74 Å². The van der Waals surface area contributed by atoms with Gasteiger partial charge < -0.3 is 20.3 Å². The molecule has 1 aliphatic heterocycles. The van der Waals surface area contributed by atoms with Gasteiger partial charge in [-0.1, -0.05) is 29.3 Å². The van der Waals surface area contributed by atoms with Gasteiger partial charge in [0.2, 0.25) is 0 Å². The summed E-state index contributed by atoms with van der Waals surface area (Å²) in [5, 5.41) is 6.74. The molecule has 1 aliphatic rings. The van der Waals surface area contributed by atoms with Gasteiger partial charge in [0, 0.05) is 26.2 Å². The molecule has 0 spiro atoms. The molecular formula is C19H32N4O. The minimum atomic E-state index is 0.193. The predicted molar refractivity (Wildman–Crippen MR) is 101 cm³/mol. The summed E-state index contributed by atoms with van der Waals surface area (Å²) in [7, 11) is 2.13. The Bertz CT molecular complexity index is 524. The third-order valence-corrected chi connectivity index (χ3v) is 4.13. The third-order valence-electron chi connectivity index (χ3n) is 4.13. The fourth-order valence-electron chi connectivity index (χ4n) is 3.05. The van der Waals surface area contributed by atoms with E-state index >= 15 is 0 Å². The van der Waals surface area contributed by atoms with E-state index in [1.54, 1.807) is 0 Å². The third kappa shape index (κ3) is 6.49. The highest BCUT2D eigenvalue weighted by atomic mass is 16.5. The van der Waals surface area contributed by atoms with Crippen LogP contribution in [0.3, 0.4) is 0 Å². The first-order valence-corrected chi connectivity index (χ1v) is 8.96. The topological polar surface area (TPSA) is 48.9 Å². The van der Waals surface area contributed by atoms with E-state index in [9.17, 15) is 0 Å². The van der Waals surface area contributed by atoms with Gasteiger partial charge in [-0.15, -0.1) is 0 Å². The second kappa shape index (κ2) is 9.64. The van der Waals surface area contributed by atoms with Crippen LogP contribution < -0.4 is 10.6 Å². The fourth-order valence-corrected chi connectivity index (χ4v) is 3.05. The molecule has 0 radical (unpaired) electrons. The van der Waals surface area contributed by atoms with Crippen LogP contribution in [0.15, 0.2) is 23.2 Å². The lowest BCUT2D eigenvalue weighted by atomic mass is 10.1. The van der Waals surface area contributed by atoms with Gasteiger partial charge in [0.15, 0.2) is 5.96 Å². The summed E-state index contributed by atoms with van der Waals surface area (Å²) in [6.07, 6.45) is 1.19. The normalized spacial score (nSPS) is 19.3. The Labute approximate surface area is 146 Å². The van der Waals surface area contributed by atoms with E-state index in [2.05, 4.69) is 66.5 Å². The SMILES string of the molecule is CCNC(=NCC1CN(C)CCO1)NCCc1cc(C)cc(C)c1. The van der Waals surface area contributed by atoms with Crippen LogP contribution in [0.25, 0.3) is 0 Å². The summed E-state index contributed by atoms with van der Waals surface area (Å²) >= 11 is 0. The average molecular weight is 332 g/mol. The quantitative estimate of drug-likeness (QED) is 0.615. The van der Waals surface area contributed by atoms with Gasteiger partial charge >= 0.3 is 0 Å². The number of guanidine groups is 1. The molecule has 5 heteroatoms. The van der Waals surface area contributed by atoms with Crippen molar-refractivity contribution in [2.75, 3.05) is 46.4 Å². The number of morpholine rings is 1. The average Bonchev–Trinajstić information content (AvgIpc) is 2.52. The summed E-state index contributed by atoms with van der Waals surface area (Å²) in [6.45, 7) is 11.6. The van der Waals surface area contributed by atoms with Gasteiger partial charge in [-0.05, 0) is 39.8 Å². The molecule has 0 aromatic heterocycles. The monoisotopic (exact) mass is 332 g/mol. The van der Waals surface area contributed by atoms with Gasteiger partial charge in [0.05, 0.1) is 19.3 Å². The zero-order valence-electron chi connectivity index (χ0n) is 15.6. The van der Waals surface area contributed by atoms with Crippen molar-refractivity contribution >= 4 is 5.96 Å². The molecule has 1 atom stereocenters. The molecule has 2 rings (SSSR count). The first-order valence-electron chi connectivity index (χ1n) is 8.96. The predicted octanol–water partition coefficient (Wildman–Crippen LogP) is 1.73. The Kier molecular flexibility index (Phi) is 7.53. The number of hydrogen-bond acceptors (Lipinski definition) is 3. The fraction of sp³-hybridized carbons (Fsp3) is 0.632. The van der Waals surface area contributed by atoms with Crippen molar-refractivity contribution in [2.45, 2.75) is 33.3 Å². The molecule has 1 saturated heterocycles. The van der Waals surface area contributed by atoms with Crippen LogP contribution >= 0.6 is 0 Å². The molecule has 0 bridgehead atoms. The van der Waals surface area contributed by atoms with Crippen molar-refractivity contribution in [3.05, 3.63) is 34.9 Å². The van der Waals surface area contributed by atoms with Crippen molar-refractivity contribution in [1.29, 1.82) is 0 Å². The van der Waals surface area contributed by atoms with Crippen LogP contribution in [0.2, 0.25) is 0 Å². The number of benzene rings is 1. The van der Waals surface area contributed by atoms with Crippen molar-refractivity contribution in [3.8, 4) is 0 Å². The maximum Gasteiger partial charge on any atom is 0.191 e. The van der Waals surface area contributed by atoms with Crippen molar-refractivity contribution in [2.24, 2.45) is 4.99 Å². The molecule has 1 aromatic rings. The van der Waals surface area contributed by atoms with E-state index in [4.69, 9.17) is 4.74 Å². The van der Waals surface area contributed by atoms with Crippen LogP contribution in [0.1, 0.15) is 23.6 Å². The first-order chi connectivity index (χ1) is 11.6. The molecule has 1 heterocycles. The molecule has 2 N–H and O–H groups in total. The number of hydrogen-bond donors (Lipinski definition) is 2. The van der Waals surface area contributed by atoms with Gasteiger partial charge in [-0.3, -0.25) is 4.99 Å². The van der Waals surface area contributed by atoms with Gasteiger partial charge in [-0.2, -0.15) is 0 Å². The summed E-state index contributed by atoms with van der Waals surface area (Å²) < 4.78 is 5.77. The number of likely N-dealkylation sites (N-methyl/N-ethyl adjacent to an activating group) is 1. The van der Waals surface area contributed by atoms with Crippen LogP contribution in [0, 0.1) is 13.8 Å². The molecule has 134 valence electrons. The maximum absolute atomic E-state index is 5.77. The lowest BCUT2D eigenvalue weighted by Crippen LogP contribution is -2.43. The summed E-state index contributed by atoms with van der Waals surface area (Å²) in [5.41, 5.74) is 4.02. The highest BCUT2D eigenvalue weighted by Crippen LogP contribution is 2.09. The minimum absolute atomic E-state index is 0.193. The Hall–Kier alpha value is -1.59. The second-order valence-electron chi connectivity index (χ2n) is 6.65. The molecule has 5 nitrogen and oxygen atoms in total. The molecule has 0 aliphatic carbocycles. The summed E-state index contributed by atoms with van der Waals surface area (Å²) in [6, 6.07) is 6.72. The Morgan fingerprint density at radius 1 is 1.25 bits per heavy atom. The highest BCUT2D eigenvalue weighted by Gasteiger charge is 2.17. The van der Waals surface area contributed by atoms with E-state index in [0.29, 0.717) is 6.54 Å². The van der Waals surface area contributed by atoms with Crippen LogP contribution in [0.5, 0.6) is 0 Å². The van der Waals surface area contributed by atoms with Gasteiger partial charge in [0.1, 0.15) is 0 Å². The summed E-state index contributed by atoms with van der Waals surface area (Å²) in [5.74, 6) is 0.874. The van der Waals surface area contributed by atoms with Crippen molar-refractivity contribution in [3.63, 3.8) is 0 Å². The first kappa shape index (κ1) is 18.7. The number of nitrogens with one attached hydrogen (secondary N) is 2. The van der Waals surface area contributed by atoms with Gasteiger partial charge in [0.25, 0.3) is 0 Å². The van der Waals surface area contributed by atoms with Crippen LogP contribution in [-0.4, -0.2) is 63.3 Å². The number of ether oxygens (including phenoxy) is 1. The van der Waals surface area contributed by atoms with Crippen LogP contribution in [-0.2, 0) is 11.2 Å². The number of rotatable bonds is 6. The molecule has 1 fully saturated rings. The molecule has 0 saturated carbocycles. The molecule has 24 heavy (non-hydrogen) atoms. The largest absolute Gasteiger partial charge is 0.374 e. The Morgan fingerprint density at radius 3 is 2.67 bits per heavy atom. The summed E-state index contributed by atoms with van der Waals surface area (Å²) in [4.78, 5) is 6.98. The number of nitrogens with zero attached hydrogens (tertiary/aromatic N) is 2. The van der Waals surface area contributed by atoms with E-state index in [-0.39, 0.29) is 6.10 Å². The highest BCUT2D eigenvalue weighted by molar-refractivity contribution is 5.79. The zero-order valence-corrected chi connectivity index (χ0v) is 15.6. The Morgan fingerprint density at radius 2 is 2.00 bits per heavy atom. The van der Waals surface area contributed by atoms with Gasteiger partial charge in [-0.25, -0.2) is 0 Å². The second-order valence-corrected chi connectivity index (χ2v) is 6.65. The standard InChI is InChI=1S/C19H32N4O/c1-5-20-19(22-13-18-14-23(4)8-9-24-18)21-7-6-17-11-15(2)10-16(3)12-17/h10-12,18H,5-9,13-14H2,1-4H3,(H2,20,21,22). The molecule has 1 aromatic carbocycles. The maximum atomic E-state index is 5.77. The molecule has 0 amide bonds. The Balaban J connectivity index is 1.82. The molecular weight excluding hydrogens is 300 g/mol. The van der Waals surface area contributed by atoms with E-state index in [0.717, 1.165) is 45.2 Å². The minimum Gasteiger partial charge on any atom is -0.374 e. The zero-order chi connectivity index (χ0) is 17.4. The number of aliphatic imine (C=N–C) groups is 1. The molecule has 1 unspecified atom stereocenters. The lowest BCUT2D eigenvalue weighted by molar-refractivity contribution is -0.0136.